The van der Waals surface area contributed by atoms with Crippen LogP contribution >= 0.6 is 0 Å². The molecule has 0 saturated heterocycles. The van der Waals surface area contributed by atoms with E-state index in [-0.39, 0.29) is 0 Å². The van der Waals surface area contributed by atoms with Crippen LogP contribution in [0.25, 0.3) is 16.6 Å². The number of pyridine rings is 2. The third-order valence-corrected chi connectivity index (χ3v) is 3.62. The second-order valence-electron chi connectivity index (χ2n) is 4.71. The van der Waals surface area contributed by atoms with Crippen molar-refractivity contribution in [2.45, 2.75) is 6.42 Å². The molecule has 2 heteroatoms. The van der Waals surface area contributed by atoms with E-state index in [1.807, 2.05) is 24.5 Å². The lowest BCUT2D eigenvalue weighted by Gasteiger charge is -2.08. The molecule has 0 fully saturated rings. The third kappa shape index (κ3) is 1.57. The number of fused-ring (bicyclic) bond motifs is 2. The molecule has 2 aromatic heterocycles. The highest BCUT2D eigenvalue weighted by atomic mass is 14.7. The Morgan fingerprint density at radius 3 is 2.74 bits per heavy atom. The van der Waals surface area contributed by atoms with Crippen LogP contribution in [0.1, 0.15) is 16.7 Å². The summed E-state index contributed by atoms with van der Waals surface area (Å²) >= 11 is 0. The minimum absolute atomic E-state index is 0.949. The summed E-state index contributed by atoms with van der Waals surface area (Å²) < 4.78 is 0. The van der Waals surface area contributed by atoms with Gasteiger partial charge in [0.05, 0.1) is 11.0 Å². The molecular weight excluding hydrogens is 232 g/mol. The number of aromatic nitrogens is 2. The maximum absolute atomic E-state index is 4.50. The van der Waals surface area contributed by atoms with Crippen LogP contribution in [0.3, 0.4) is 0 Å². The van der Waals surface area contributed by atoms with Crippen LogP contribution in [0.4, 0.5) is 0 Å². The SMILES string of the molecule is C1=C(c2ccnc3cccnc23)c2ccccc2C1. The topological polar surface area (TPSA) is 25.8 Å². The van der Waals surface area contributed by atoms with E-state index >= 15 is 0 Å². The number of benzene rings is 1. The van der Waals surface area contributed by atoms with Gasteiger partial charge in [-0.25, -0.2) is 0 Å². The Hall–Kier alpha value is -2.48. The maximum Gasteiger partial charge on any atom is 0.0965 e. The number of hydrogen-bond donors (Lipinski definition) is 0. The van der Waals surface area contributed by atoms with E-state index in [1.165, 1.54) is 22.3 Å². The van der Waals surface area contributed by atoms with Crippen molar-refractivity contribution in [1.29, 1.82) is 0 Å². The standard InChI is InChI=1S/C17H12N2/c1-2-5-13-12(4-1)7-8-14(13)15-9-11-18-16-6-3-10-19-17(15)16/h1-6,8-11H,7H2. The van der Waals surface area contributed by atoms with Gasteiger partial charge in [-0.2, -0.15) is 0 Å². The lowest BCUT2D eigenvalue weighted by atomic mass is 9.99. The van der Waals surface area contributed by atoms with Crippen molar-refractivity contribution < 1.29 is 0 Å². The van der Waals surface area contributed by atoms with Crippen LogP contribution in [-0.4, -0.2) is 9.97 Å². The van der Waals surface area contributed by atoms with E-state index in [4.69, 9.17) is 0 Å². The van der Waals surface area contributed by atoms with Crippen LogP contribution < -0.4 is 0 Å². The Bertz CT molecular complexity index is 798. The summed E-state index contributed by atoms with van der Waals surface area (Å²) in [5.41, 5.74) is 7.09. The Morgan fingerprint density at radius 1 is 0.789 bits per heavy atom. The quantitative estimate of drug-likeness (QED) is 0.653. The first-order valence-electron chi connectivity index (χ1n) is 6.42. The lowest BCUT2D eigenvalue weighted by molar-refractivity contribution is 1.31. The molecule has 0 atom stereocenters. The molecular formula is C17H12N2. The van der Waals surface area contributed by atoms with Gasteiger partial charge < -0.3 is 0 Å². The first kappa shape index (κ1) is 10.4. The predicted molar refractivity (Wildman–Crippen MR) is 76.8 cm³/mol. The molecule has 3 aromatic rings. The number of nitrogens with zero attached hydrogens (tertiary/aromatic N) is 2. The van der Waals surface area contributed by atoms with Crippen LogP contribution in [0.5, 0.6) is 0 Å². The van der Waals surface area contributed by atoms with E-state index in [1.54, 1.807) is 0 Å². The molecule has 1 aromatic carbocycles. The molecule has 0 radical (unpaired) electrons. The molecule has 1 aliphatic carbocycles. The lowest BCUT2D eigenvalue weighted by Crippen LogP contribution is -1.91. The number of hydrogen-bond acceptors (Lipinski definition) is 2. The van der Waals surface area contributed by atoms with Gasteiger partial charge in [-0.15, -0.1) is 0 Å². The first-order chi connectivity index (χ1) is 9.43. The zero-order chi connectivity index (χ0) is 12.7. The molecule has 0 unspecified atom stereocenters. The molecule has 0 bridgehead atoms. The van der Waals surface area contributed by atoms with E-state index in [9.17, 15) is 0 Å². The number of rotatable bonds is 1. The fourth-order valence-electron chi connectivity index (χ4n) is 2.73. The van der Waals surface area contributed by atoms with Crippen molar-refractivity contribution in [3.63, 3.8) is 0 Å². The normalized spacial score (nSPS) is 13.4. The van der Waals surface area contributed by atoms with Gasteiger partial charge in [0.1, 0.15) is 0 Å². The molecule has 0 aliphatic heterocycles. The Kier molecular flexibility index (Phi) is 2.21. The van der Waals surface area contributed by atoms with Crippen molar-refractivity contribution in [2.24, 2.45) is 0 Å². The molecule has 90 valence electrons. The first-order valence-corrected chi connectivity index (χ1v) is 6.42. The Labute approximate surface area is 111 Å². The molecule has 0 saturated carbocycles. The fourth-order valence-corrected chi connectivity index (χ4v) is 2.73. The summed E-state index contributed by atoms with van der Waals surface area (Å²) in [6.07, 6.45) is 6.98. The van der Waals surface area contributed by atoms with Crippen molar-refractivity contribution in [3.8, 4) is 0 Å². The van der Waals surface area contributed by atoms with E-state index in [2.05, 4.69) is 46.4 Å². The molecule has 0 N–H and O–H groups in total. The van der Waals surface area contributed by atoms with Gasteiger partial charge in [-0.05, 0) is 41.3 Å². The molecule has 2 heterocycles. The van der Waals surface area contributed by atoms with Gasteiger partial charge in [0.15, 0.2) is 0 Å². The van der Waals surface area contributed by atoms with Crippen LogP contribution in [0.15, 0.2) is 60.9 Å². The highest BCUT2D eigenvalue weighted by molar-refractivity contribution is 5.95. The largest absolute Gasteiger partial charge is 0.255 e. The summed E-state index contributed by atoms with van der Waals surface area (Å²) in [5.74, 6) is 0. The molecule has 1 aliphatic rings. The molecule has 19 heavy (non-hydrogen) atoms. The Morgan fingerprint density at radius 2 is 1.74 bits per heavy atom. The highest BCUT2D eigenvalue weighted by Crippen LogP contribution is 2.34. The van der Waals surface area contributed by atoms with Gasteiger partial charge in [0.25, 0.3) is 0 Å². The highest BCUT2D eigenvalue weighted by Gasteiger charge is 2.17. The fraction of sp³-hybridized carbons (Fsp3) is 0.0588. The van der Waals surface area contributed by atoms with Gasteiger partial charge >= 0.3 is 0 Å². The second kappa shape index (κ2) is 4.02. The maximum atomic E-state index is 4.50. The minimum atomic E-state index is 0.949. The van der Waals surface area contributed by atoms with Crippen molar-refractivity contribution in [3.05, 3.63) is 77.6 Å². The molecule has 2 nitrogen and oxygen atoms in total. The van der Waals surface area contributed by atoms with Crippen molar-refractivity contribution >= 4 is 16.6 Å². The van der Waals surface area contributed by atoms with Gasteiger partial charge in [-0.1, -0.05) is 30.3 Å². The molecule has 0 spiro atoms. The number of allylic oxidation sites excluding steroid dienone is 1. The van der Waals surface area contributed by atoms with Gasteiger partial charge in [0.2, 0.25) is 0 Å². The van der Waals surface area contributed by atoms with E-state index in [0.29, 0.717) is 0 Å². The van der Waals surface area contributed by atoms with E-state index < -0.39 is 0 Å². The zero-order valence-corrected chi connectivity index (χ0v) is 10.4. The molecule has 0 amide bonds. The average Bonchev–Trinajstić information content (AvgIpc) is 2.90. The average molecular weight is 244 g/mol. The van der Waals surface area contributed by atoms with Crippen LogP contribution in [0.2, 0.25) is 0 Å². The second-order valence-corrected chi connectivity index (χ2v) is 4.71. The van der Waals surface area contributed by atoms with Gasteiger partial charge in [-0.3, -0.25) is 9.97 Å². The van der Waals surface area contributed by atoms with Crippen molar-refractivity contribution in [1.82, 2.24) is 9.97 Å². The van der Waals surface area contributed by atoms with Crippen molar-refractivity contribution in [2.75, 3.05) is 0 Å². The monoisotopic (exact) mass is 244 g/mol. The summed E-state index contributed by atoms with van der Waals surface area (Å²) in [6, 6.07) is 14.6. The smallest absolute Gasteiger partial charge is 0.0965 e. The van der Waals surface area contributed by atoms with E-state index in [0.717, 1.165) is 17.5 Å². The summed E-state index contributed by atoms with van der Waals surface area (Å²) in [7, 11) is 0. The molecule has 4 rings (SSSR count). The van der Waals surface area contributed by atoms with Crippen LogP contribution in [-0.2, 0) is 6.42 Å². The van der Waals surface area contributed by atoms with Gasteiger partial charge in [0, 0.05) is 18.0 Å². The Balaban J connectivity index is 1.98. The minimum Gasteiger partial charge on any atom is -0.255 e. The summed E-state index contributed by atoms with van der Waals surface area (Å²) in [4.78, 5) is 8.87. The summed E-state index contributed by atoms with van der Waals surface area (Å²) in [5, 5.41) is 0. The van der Waals surface area contributed by atoms with Crippen LogP contribution in [0, 0.1) is 0 Å². The third-order valence-electron chi connectivity index (χ3n) is 3.62. The zero-order valence-electron chi connectivity index (χ0n) is 10.4. The predicted octanol–water partition coefficient (Wildman–Crippen LogP) is 3.62. The summed E-state index contributed by atoms with van der Waals surface area (Å²) in [6.45, 7) is 0.